The van der Waals surface area contributed by atoms with Crippen LogP contribution in [0, 0.1) is 41.3 Å². The summed E-state index contributed by atoms with van der Waals surface area (Å²) in [6.45, 7) is 17.5. The molecule has 0 aromatic heterocycles. The minimum absolute atomic E-state index is 0.115. The van der Waals surface area contributed by atoms with E-state index in [1.54, 1.807) is 33.3 Å². The number of hydrogen-bond acceptors (Lipinski definition) is 11. The van der Waals surface area contributed by atoms with Crippen molar-refractivity contribution in [2.24, 2.45) is 35.5 Å². The Labute approximate surface area is 379 Å². The molecular formula is C51H73FO12. The number of methoxy groups -OCH3 is 2. The van der Waals surface area contributed by atoms with Crippen molar-refractivity contribution in [3.8, 4) is 5.75 Å². The standard InChI is InChI=1S/C51H73FO12/c1-11-49(45-30(3)25-39(59-45)42-29(2)24-31(4)51(62-42)28-58-47(63-51)36-14-18-38(55-9)19-15-36)21-20-41(60-49)48(8)22-23-50(64-48)26-40(57-27-35-12-16-37(52)17-13-35)32(5)44(61-50)33(6)43(56-10)34(7)46(53)54/h12-19,29-34,39-45,47H,11,20-28H2,1-10H3,(H,53,54)/t29-,30-,31+,32+,33-,34-,39+,40-,41+,42-,43+,44-,45+,47?,48-,49-,50+,51+/m0/s1. The Morgan fingerprint density at radius 2 is 1.66 bits per heavy atom. The SMILES string of the molecule is CC[C@@]1([C@@H]2O[C@@H]([C@H]3O[C@@]4(COC(c5ccc(OC)cc5)O4)[C@H](C)C[C@@H]3C)C[C@@H]2C)CC[C@H]([C@]2(C)CC[C@]3(C[C@H](OCc4ccc(F)cc4)[C@@H](C)[C@@H]([C@@H](C)[C@@H](OC)[C@H](C)C(=O)O)O3)O2)O1. The summed E-state index contributed by atoms with van der Waals surface area (Å²) in [4.78, 5) is 12.2. The normalized spacial score (nSPS) is 42.6. The summed E-state index contributed by atoms with van der Waals surface area (Å²) in [7, 11) is 3.21. The molecule has 2 aromatic rings. The summed E-state index contributed by atoms with van der Waals surface area (Å²) < 4.78 is 80.5. The third-order valence-electron chi connectivity index (χ3n) is 16.3. The van der Waals surface area contributed by atoms with E-state index in [0.29, 0.717) is 32.5 Å². The molecule has 6 saturated heterocycles. The molecule has 2 spiro atoms. The van der Waals surface area contributed by atoms with Gasteiger partial charge in [0, 0.05) is 43.3 Å². The minimum Gasteiger partial charge on any atom is -0.497 e. The highest BCUT2D eigenvalue weighted by molar-refractivity contribution is 5.70. The van der Waals surface area contributed by atoms with Gasteiger partial charge in [-0.15, -0.1) is 0 Å². The van der Waals surface area contributed by atoms with E-state index < -0.39 is 53.2 Å². The highest BCUT2D eigenvalue weighted by Crippen LogP contribution is 2.56. The average molecular weight is 897 g/mol. The van der Waals surface area contributed by atoms with Crippen molar-refractivity contribution < 1.29 is 61.7 Å². The first-order valence-electron chi connectivity index (χ1n) is 23.9. The molecule has 13 heteroatoms. The van der Waals surface area contributed by atoms with Crippen LogP contribution < -0.4 is 4.74 Å². The van der Waals surface area contributed by atoms with E-state index in [1.165, 1.54) is 12.1 Å². The molecule has 0 bridgehead atoms. The van der Waals surface area contributed by atoms with Crippen molar-refractivity contribution in [1.29, 1.82) is 0 Å². The molecule has 356 valence electrons. The molecule has 8 rings (SSSR count). The largest absolute Gasteiger partial charge is 0.497 e. The van der Waals surface area contributed by atoms with E-state index in [9.17, 15) is 14.3 Å². The van der Waals surface area contributed by atoms with E-state index in [1.807, 2.05) is 31.2 Å². The summed E-state index contributed by atoms with van der Waals surface area (Å²) in [5, 5.41) is 10.00. The van der Waals surface area contributed by atoms with E-state index in [4.69, 9.17) is 47.4 Å². The van der Waals surface area contributed by atoms with Crippen LogP contribution >= 0.6 is 0 Å². The van der Waals surface area contributed by atoms with Crippen LogP contribution in [-0.4, -0.2) is 97.4 Å². The number of carboxylic acids is 1. The van der Waals surface area contributed by atoms with Gasteiger partial charge in [0.25, 0.3) is 0 Å². The van der Waals surface area contributed by atoms with Crippen LogP contribution in [0.1, 0.15) is 124 Å². The fraction of sp³-hybridized carbons (Fsp3) is 0.745. The van der Waals surface area contributed by atoms with Gasteiger partial charge in [-0.3, -0.25) is 4.79 Å². The van der Waals surface area contributed by atoms with Crippen molar-refractivity contribution >= 4 is 5.97 Å². The van der Waals surface area contributed by atoms with Crippen LogP contribution in [0.5, 0.6) is 5.75 Å². The first-order valence-corrected chi connectivity index (χ1v) is 23.9. The highest BCUT2D eigenvalue weighted by atomic mass is 19.1. The Kier molecular flexibility index (Phi) is 14.0. The van der Waals surface area contributed by atoms with Crippen LogP contribution in [0.2, 0.25) is 0 Å². The lowest BCUT2D eigenvalue weighted by Gasteiger charge is -2.50. The first kappa shape index (κ1) is 47.8. The maximum absolute atomic E-state index is 13.8. The zero-order chi connectivity index (χ0) is 45.8. The van der Waals surface area contributed by atoms with Gasteiger partial charge in [0.1, 0.15) is 18.2 Å². The van der Waals surface area contributed by atoms with E-state index in [0.717, 1.165) is 49.0 Å². The smallest absolute Gasteiger partial charge is 0.308 e. The molecule has 18 atom stereocenters. The van der Waals surface area contributed by atoms with Gasteiger partial charge in [-0.1, -0.05) is 65.8 Å². The van der Waals surface area contributed by atoms with Crippen molar-refractivity contribution in [3.63, 3.8) is 0 Å². The molecule has 1 N–H and O–H groups in total. The molecule has 0 saturated carbocycles. The molecular weight excluding hydrogens is 824 g/mol. The lowest BCUT2D eigenvalue weighted by molar-refractivity contribution is -0.339. The van der Waals surface area contributed by atoms with Crippen molar-refractivity contribution in [2.45, 2.75) is 185 Å². The Morgan fingerprint density at radius 3 is 2.33 bits per heavy atom. The van der Waals surface area contributed by atoms with Gasteiger partial charge in [-0.25, -0.2) is 4.39 Å². The van der Waals surface area contributed by atoms with E-state index in [2.05, 4.69) is 41.5 Å². The second kappa shape index (κ2) is 18.8. The predicted octanol–water partition coefficient (Wildman–Crippen LogP) is 9.41. The average Bonchev–Trinajstić information content (AvgIpc) is 4.09. The maximum Gasteiger partial charge on any atom is 0.308 e. The zero-order valence-electron chi connectivity index (χ0n) is 39.6. The lowest BCUT2D eigenvalue weighted by atomic mass is 9.78. The predicted molar refractivity (Wildman–Crippen MR) is 235 cm³/mol. The lowest BCUT2D eigenvalue weighted by Crippen LogP contribution is -2.57. The fourth-order valence-corrected chi connectivity index (χ4v) is 12.4. The van der Waals surface area contributed by atoms with Crippen molar-refractivity contribution in [1.82, 2.24) is 0 Å². The number of aliphatic carboxylic acids is 1. The molecule has 64 heavy (non-hydrogen) atoms. The maximum atomic E-state index is 13.8. The molecule has 6 heterocycles. The van der Waals surface area contributed by atoms with E-state index in [-0.39, 0.29) is 65.9 Å². The molecule has 0 aliphatic carbocycles. The van der Waals surface area contributed by atoms with Gasteiger partial charge < -0.3 is 52.5 Å². The molecule has 12 nitrogen and oxygen atoms in total. The molecule has 0 amide bonds. The quantitative estimate of drug-likeness (QED) is 0.194. The minimum atomic E-state index is -0.985. The van der Waals surface area contributed by atoms with Crippen LogP contribution in [0.25, 0.3) is 0 Å². The number of halogens is 1. The summed E-state index contributed by atoms with van der Waals surface area (Å²) in [6, 6.07) is 14.1. The van der Waals surface area contributed by atoms with Crippen LogP contribution in [0.15, 0.2) is 48.5 Å². The van der Waals surface area contributed by atoms with Gasteiger partial charge in [0.2, 0.25) is 0 Å². The van der Waals surface area contributed by atoms with Gasteiger partial charge in [0.05, 0.1) is 73.6 Å². The Morgan fingerprint density at radius 1 is 0.922 bits per heavy atom. The third kappa shape index (κ3) is 9.04. The van der Waals surface area contributed by atoms with Gasteiger partial charge in [0.15, 0.2) is 17.9 Å². The van der Waals surface area contributed by atoms with Crippen molar-refractivity contribution in [3.05, 3.63) is 65.5 Å². The number of rotatable bonds is 14. The topological polar surface area (TPSA) is 130 Å². The fourth-order valence-electron chi connectivity index (χ4n) is 12.4. The Hall–Kier alpha value is -2.72. The number of hydrogen-bond donors (Lipinski definition) is 1. The Bertz CT molecular complexity index is 1900. The summed E-state index contributed by atoms with van der Waals surface area (Å²) in [6.07, 6.45) is 3.61. The molecule has 6 fully saturated rings. The van der Waals surface area contributed by atoms with Gasteiger partial charge in [-0.05, 0) is 94.0 Å². The van der Waals surface area contributed by atoms with Crippen LogP contribution in [0.4, 0.5) is 4.39 Å². The number of benzene rings is 2. The van der Waals surface area contributed by atoms with Gasteiger partial charge >= 0.3 is 5.97 Å². The second-order valence-electron chi connectivity index (χ2n) is 20.5. The Balaban J connectivity index is 0.963. The summed E-state index contributed by atoms with van der Waals surface area (Å²) in [5.74, 6) is -2.83. The van der Waals surface area contributed by atoms with Crippen LogP contribution in [-0.2, 0) is 54.0 Å². The first-order chi connectivity index (χ1) is 30.5. The monoisotopic (exact) mass is 897 g/mol. The van der Waals surface area contributed by atoms with Crippen molar-refractivity contribution in [2.75, 3.05) is 20.8 Å². The summed E-state index contributed by atoms with van der Waals surface area (Å²) >= 11 is 0. The van der Waals surface area contributed by atoms with Crippen LogP contribution in [0.3, 0.4) is 0 Å². The molecule has 1 unspecified atom stereocenters. The molecule has 6 aliphatic heterocycles. The molecule has 6 aliphatic rings. The third-order valence-corrected chi connectivity index (χ3v) is 16.3. The second-order valence-corrected chi connectivity index (χ2v) is 20.5. The number of ether oxygens (including phenoxy) is 10. The number of carbonyl (C=O) groups is 1. The highest BCUT2D eigenvalue weighted by Gasteiger charge is 2.63. The zero-order valence-corrected chi connectivity index (χ0v) is 39.6. The van der Waals surface area contributed by atoms with Gasteiger partial charge in [-0.2, -0.15) is 0 Å². The number of carboxylic acid groups (broad SMARTS) is 1. The molecule has 2 aromatic carbocycles. The summed E-state index contributed by atoms with van der Waals surface area (Å²) in [5.41, 5.74) is 0.628. The van der Waals surface area contributed by atoms with E-state index >= 15 is 0 Å². The molecule has 0 radical (unpaired) electrons.